The quantitative estimate of drug-likeness (QED) is 0.699. The van der Waals surface area contributed by atoms with Gasteiger partial charge in [-0.15, -0.1) is 0 Å². The maximum absolute atomic E-state index is 12.3. The van der Waals surface area contributed by atoms with Crippen LogP contribution in [-0.2, 0) is 11.8 Å². The second-order valence-corrected chi connectivity index (χ2v) is 7.46. The van der Waals surface area contributed by atoms with E-state index >= 15 is 0 Å². The molecule has 28 heavy (non-hydrogen) atoms. The average molecular weight is 420 g/mol. The van der Waals surface area contributed by atoms with Crippen LogP contribution in [0.1, 0.15) is 0 Å². The number of nitrogens with zero attached hydrogens (tertiary/aromatic N) is 6. The number of carbonyl (C=O) groups excluding carboxylic acids is 1. The summed E-state index contributed by atoms with van der Waals surface area (Å²) < 4.78 is 1.74. The zero-order valence-electron chi connectivity index (χ0n) is 15.3. The summed E-state index contributed by atoms with van der Waals surface area (Å²) >= 11 is 11.9. The summed E-state index contributed by atoms with van der Waals surface area (Å²) in [6.45, 7) is 3.41. The van der Waals surface area contributed by atoms with Crippen molar-refractivity contribution in [2.45, 2.75) is 0 Å². The third kappa shape index (κ3) is 3.89. The number of carbonyl (C=O) groups is 1. The van der Waals surface area contributed by atoms with Gasteiger partial charge >= 0.3 is 0 Å². The first kappa shape index (κ1) is 18.9. The molecule has 0 radical (unpaired) electrons. The zero-order valence-corrected chi connectivity index (χ0v) is 16.8. The zero-order chi connectivity index (χ0) is 19.7. The Hall–Kier alpha value is -2.42. The van der Waals surface area contributed by atoms with E-state index < -0.39 is 0 Å². The Kier molecular flexibility index (Phi) is 5.34. The van der Waals surface area contributed by atoms with Crippen molar-refractivity contribution in [1.82, 2.24) is 24.6 Å². The van der Waals surface area contributed by atoms with E-state index in [9.17, 15) is 4.79 Å². The number of hydrogen-bond acceptors (Lipinski definition) is 6. The molecular formula is C18H19Cl2N7O. The minimum Gasteiger partial charge on any atom is -0.353 e. The molecule has 10 heteroatoms. The average Bonchev–Trinajstić information content (AvgIpc) is 3.07. The van der Waals surface area contributed by atoms with Crippen LogP contribution in [0.25, 0.3) is 11.0 Å². The molecule has 0 unspecified atom stereocenters. The topological polar surface area (TPSA) is 79.2 Å². The normalized spacial score (nSPS) is 15.2. The Morgan fingerprint density at radius 2 is 1.93 bits per heavy atom. The van der Waals surface area contributed by atoms with Gasteiger partial charge in [-0.2, -0.15) is 5.10 Å². The van der Waals surface area contributed by atoms with Gasteiger partial charge in [0.1, 0.15) is 12.1 Å². The van der Waals surface area contributed by atoms with Crippen molar-refractivity contribution in [3.05, 3.63) is 40.8 Å². The molecule has 146 valence electrons. The van der Waals surface area contributed by atoms with E-state index in [1.165, 1.54) is 0 Å². The van der Waals surface area contributed by atoms with Gasteiger partial charge in [-0.3, -0.25) is 14.4 Å². The minimum atomic E-state index is -0.0801. The van der Waals surface area contributed by atoms with Crippen LogP contribution < -0.4 is 10.2 Å². The molecule has 0 atom stereocenters. The fourth-order valence-corrected chi connectivity index (χ4v) is 3.60. The Morgan fingerprint density at radius 3 is 2.68 bits per heavy atom. The van der Waals surface area contributed by atoms with E-state index in [1.54, 1.807) is 35.4 Å². The number of anilines is 2. The van der Waals surface area contributed by atoms with Gasteiger partial charge in [-0.05, 0) is 18.2 Å². The lowest BCUT2D eigenvalue weighted by Gasteiger charge is -2.35. The van der Waals surface area contributed by atoms with Gasteiger partial charge in [0.25, 0.3) is 0 Å². The largest absolute Gasteiger partial charge is 0.353 e. The van der Waals surface area contributed by atoms with Crippen molar-refractivity contribution < 1.29 is 4.79 Å². The van der Waals surface area contributed by atoms with Gasteiger partial charge in [0, 0.05) is 38.9 Å². The number of rotatable bonds is 4. The Bertz CT molecular complexity index is 1010. The van der Waals surface area contributed by atoms with Gasteiger partial charge in [0.2, 0.25) is 5.91 Å². The molecule has 4 rings (SSSR count). The first-order valence-electron chi connectivity index (χ1n) is 8.86. The van der Waals surface area contributed by atoms with Gasteiger partial charge in [-0.1, -0.05) is 23.2 Å². The number of nitrogens with one attached hydrogen (secondary N) is 1. The number of halogens is 2. The number of piperazine rings is 1. The highest BCUT2D eigenvalue weighted by molar-refractivity contribution is 6.42. The highest BCUT2D eigenvalue weighted by Gasteiger charge is 2.22. The van der Waals surface area contributed by atoms with Gasteiger partial charge in [0.15, 0.2) is 5.65 Å². The van der Waals surface area contributed by atoms with Crippen LogP contribution in [0.4, 0.5) is 11.5 Å². The molecule has 3 aromatic rings. The molecule has 1 aromatic carbocycles. The third-order valence-corrected chi connectivity index (χ3v) is 5.49. The van der Waals surface area contributed by atoms with E-state index in [4.69, 9.17) is 23.2 Å². The third-order valence-electron chi connectivity index (χ3n) is 4.75. The summed E-state index contributed by atoms with van der Waals surface area (Å²) in [5.74, 6) is 0.807. The number of benzene rings is 1. The number of aryl methyl sites for hydroxylation is 1. The molecule has 1 N–H and O–H groups in total. The monoisotopic (exact) mass is 419 g/mol. The van der Waals surface area contributed by atoms with E-state index in [1.807, 2.05) is 7.05 Å². The lowest BCUT2D eigenvalue weighted by molar-refractivity contribution is -0.117. The number of amides is 1. The molecule has 0 spiro atoms. The summed E-state index contributed by atoms with van der Waals surface area (Å²) in [4.78, 5) is 25.4. The van der Waals surface area contributed by atoms with Crippen LogP contribution in [0.15, 0.2) is 30.7 Å². The SMILES string of the molecule is Cn1ncc2c(N3CCN(CC(=O)Nc4ccc(Cl)c(Cl)c4)CC3)ncnc21. The van der Waals surface area contributed by atoms with Gasteiger partial charge in [-0.25, -0.2) is 9.97 Å². The summed E-state index contributed by atoms with van der Waals surface area (Å²) in [6.07, 6.45) is 3.36. The summed E-state index contributed by atoms with van der Waals surface area (Å²) in [7, 11) is 1.86. The van der Waals surface area contributed by atoms with Crippen LogP contribution in [-0.4, -0.2) is 63.3 Å². The first-order valence-corrected chi connectivity index (χ1v) is 9.62. The standard InChI is InChI=1S/C18H19Cl2N7O/c1-25-17-13(9-23-25)18(22-11-21-17)27-6-4-26(5-7-27)10-16(28)24-12-2-3-14(19)15(20)8-12/h2-3,8-9,11H,4-7,10H2,1H3,(H,24,28). The summed E-state index contributed by atoms with van der Waals surface area (Å²) in [5.41, 5.74) is 1.45. The van der Waals surface area contributed by atoms with Crippen molar-refractivity contribution in [1.29, 1.82) is 0 Å². The minimum absolute atomic E-state index is 0.0801. The van der Waals surface area contributed by atoms with Crippen molar-refractivity contribution in [2.75, 3.05) is 42.9 Å². The molecule has 1 saturated heterocycles. The molecule has 0 bridgehead atoms. The number of aromatic nitrogens is 4. The van der Waals surface area contributed by atoms with Crippen LogP contribution in [0.3, 0.4) is 0 Å². The Labute approximate surface area is 172 Å². The Balaban J connectivity index is 1.35. The fraction of sp³-hybridized carbons (Fsp3) is 0.333. The molecule has 1 aliphatic rings. The maximum atomic E-state index is 12.3. The highest BCUT2D eigenvalue weighted by atomic mass is 35.5. The Morgan fingerprint density at radius 1 is 1.14 bits per heavy atom. The predicted molar refractivity (Wildman–Crippen MR) is 110 cm³/mol. The summed E-state index contributed by atoms with van der Waals surface area (Å²) in [6, 6.07) is 5.05. The first-order chi connectivity index (χ1) is 13.5. The number of hydrogen-bond donors (Lipinski definition) is 1. The van der Waals surface area contributed by atoms with Crippen LogP contribution in [0, 0.1) is 0 Å². The second kappa shape index (κ2) is 7.90. The van der Waals surface area contributed by atoms with Crippen molar-refractivity contribution in [3.8, 4) is 0 Å². The lowest BCUT2D eigenvalue weighted by Crippen LogP contribution is -2.49. The van der Waals surface area contributed by atoms with E-state index in [-0.39, 0.29) is 5.91 Å². The van der Waals surface area contributed by atoms with E-state index in [2.05, 4.69) is 30.2 Å². The molecule has 2 aromatic heterocycles. The molecule has 1 aliphatic heterocycles. The molecule has 1 amide bonds. The van der Waals surface area contributed by atoms with Crippen LogP contribution in [0.2, 0.25) is 10.0 Å². The maximum Gasteiger partial charge on any atom is 0.238 e. The van der Waals surface area contributed by atoms with Crippen molar-refractivity contribution in [2.24, 2.45) is 7.05 Å². The molecule has 0 saturated carbocycles. The smallest absolute Gasteiger partial charge is 0.238 e. The molecule has 1 fully saturated rings. The van der Waals surface area contributed by atoms with Crippen molar-refractivity contribution in [3.63, 3.8) is 0 Å². The molecule has 0 aliphatic carbocycles. The van der Waals surface area contributed by atoms with E-state index in [0.29, 0.717) is 22.3 Å². The molecule has 3 heterocycles. The second-order valence-electron chi connectivity index (χ2n) is 6.64. The van der Waals surface area contributed by atoms with Crippen molar-refractivity contribution >= 4 is 51.6 Å². The highest BCUT2D eigenvalue weighted by Crippen LogP contribution is 2.25. The molecule has 8 nitrogen and oxygen atoms in total. The summed E-state index contributed by atoms with van der Waals surface area (Å²) in [5, 5.41) is 8.94. The number of fused-ring (bicyclic) bond motifs is 1. The van der Waals surface area contributed by atoms with Gasteiger partial charge in [0.05, 0.1) is 28.2 Å². The molecular weight excluding hydrogens is 401 g/mol. The van der Waals surface area contributed by atoms with E-state index in [0.717, 1.165) is 43.0 Å². The van der Waals surface area contributed by atoms with Gasteiger partial charge < -0.3 is 10.2 Å². The van der Waals surface area contributed by atoms with Crippen LogP contribution in [0.5, 0.6) is 0 Å². The lowest BCUT2D eigenvalue weighted by atomic mass is 10.2. The fourth-order valence-electron chi connectivity index (χ4n) is 3.30. The van der Waals surface area contributed by atoms with Crippen LogP contribution >= 0.6 is 23.2 Å². The predicted octanol–water partition coefficient (Wildman–Crippen LogP) is 2.43.